The SMILES string of the molecule is CCNC(=NCCCOC1CCOCC1)NCCc1ccc(OC)cc1Cl.I. The van der Waals surface area contributed by atoms with Crippen molar-refractivity contribution in [1.82, 2.24) is 10.6 Å². The fourth-order valence-electron chi connectivity index (χ4n) is 2.86. The van der Waals surface area contributed by atoms with E-state index in [1.807, 2.05) is 18.2 Å². The lowest BCUT2D eigenvalue weighted by Crippen LogP contribution is -2.38. The van der Waals surface area contributed by atoms with E-state index in [4.69, 9.17) is 25.8 Å². The predicted molar refractivity (Wildman–Crippen MR) is 126 cm³/mol. The van der Waals surface area contributed by atoms with Crippen molar-refractivity contribution in [3.05, 3.63) is 28.8 Å². The summed E-state index contributed by atoms with van der Waals surface area (Å²) in [5.41, 5.74) is 1.09. The molecule has 1 heterocycles. The van der Waals surface area contributed by atoms with Crippen LogP contribution in [0.5, 0.6) is 5.75 Å². The van der Waals surface area contributed by atoms with E-state index in [-0.39, 0.29) is 24.0 Å². The fourth-order valence-corrected chi connectivity index (χ4v) is 3.13. The molecular weight excluding hydrogens is 493 g/mol. The van der Waals surface area contributed by atoms with Gasteiger partial charge in [0.2, 0.25) is 0 Å². The number of nitrogens with one attached hydrogen (secondary N) is 2. The van der Waals surface area contributed by atoms with Crippen molar-refractivity contribution in [2.45, 2.75) is 38.7 Å². The first kappa shape index (κ1) is 25.3. The van der Waals surface area contributed by atoms with E-state index in [9.17, 15) is 0 Å². The lowest BCUT2D eigenvalue weighted by Gasteiger charge is -2.22. The Balaban J connectivity index is 0.00000392. The zero-order chi connectivity index (χ0) is 19.3. The van der Waals surface area contributed by atoms with Crippen LogP contribution in [0.15, 0.2) is 23.2 Å². The Hall–Kier alpha value is -0.770. The summed E-state index contributed by atoms with van der Waals surface area (Å²) < 4.78 is 16.4. The molecule has 0 radical (unpaired) electrons. The molecule has 0 saturated carbocycles. The van der Waals surface area contributed by atoms with Crippen LogP contribution in [0.4, 0.5) is 0 Å². The van der Waals surface area contributed by atoms with Gasteiger partial charge in [-0.05, 0) is 50.3 Å². The quantitative estimate of drug-likeness (QED) is 0.211. The minimum absolute atomic E-state index is 0. The van der Waals surface area contributed by atoms with Gasteiger partial charge in [0.25, 0.3) is 0 Å². The van der Waals surface area contributed by atoms with Crippen molar-refractivity contribution in [2.75, 3.05) is 46.6 Å². The number of benzene rings is 1. The van der Waals surface area contributed by atoms with Crippen LogP contribution in [0.3, 0.4) is 0 Å². The van der Waals surface area contributed by atoms with Crippen LogP contribution >= 0.6 is 35.6 Å². The smallest absolute Gasteiger partial charge is 0.191 e. The molecule has 1 aliphatic rings. The number of nitrogens with zero attached hydrogens (tertiary/aromatic N) is 1. The van der Waals surface area contributed by atoms with Gasteiger partial charge in [-0.25, -0.2) is 0 Å². The predicted octanol–water partition coefficient (Wildman–Crippen LogP) is 3.65. The minimum Gasteiger partial charge on any atom is -0.497 e. The first-order valence-corrected chi connectivity index (χ1v) is 10.1. The van der Waals surface area contributed by atoms with Crippen LogP contribution in [-0.4, -0.2) is 58.6 Å². The van der Waals surface area contributed by atoms with Gasteiger partial charge in [0, 0.05) is 44.5 Å². The highest BCUT2D eigenvalue weighted by atomic mass is 127. The molecule has 0 amide bonds. The van der Waals surface area contributed by atoms with Gasteiger partial charge < -0.3 is 24.8 Å². The fraction of sp³-hybridized carbons (Fsp3) is 0.650. The molecule has 1 aromatic carbocycles. The molecule has 160 valence electrons. The first-order valence-electron chi connectivity index (χ1n) is 9.77. The van der Waals surface area contributed by atoms with Crippen LogP contribution < -0.4 is 15.4 Å². The molecule has 0 unspecified atom stereocenters. The van der Waals surface area contributed by atoms with Crippen LogP contribution in [0, 0.1) is 0 Å². The number of ether oxygens (including phenoxy) is 3. The van der Waals surface area contributed by atoms with Crippen molar-refractivity contribution in [1.29, 1.82) is 0 Å². The summed E-state index contributed by atoms with van der Waals surface area (Å²) in [5, 5.41) is 7.35. The van der Waals surface area contributed by atoms with E-state index in [0.717, 1.165) is 87.4 Å². The molecule has 8 heteroatoms. The Morgan fingerprint density at radius 1 is 1.29 bits per heavy atom. The number of rotatable bonds is 10. The summed E-state index contributed by atoms with van der Waals surface area (Å²) in [7, 11) is 1.64. The zero-order valence-corrected chi connectivity index (χ0v) is 19.9. The maximum atomic E-state index is 6.29. The van der Waals surface area contributed by atoms with Gasteiger partial charge in [-0.15, -0.1) is 24.0 Å². The molecule has 28 heavy (non-hydrogen) atoms. The topological polar surface area (TPSA) is 64.1 Å². The summed E-state index contributed by atoms with van der Waals surface area (Å²) in [6, 6.07) is 5.77. The largest absolute Gasteiger partial charge is 0.497 e. The molecule has 2 N–H and O–H groups in total. The lowest BCUT2D eigenvalue weighted by atomic mass is 10.1. The maximum absolute atomic E-state index is 6.29. The van der Waals surface area contributed by atoms with Crippen molar-refractivity contribution in [2.24, 2.45) is 4.99 Å². The van der Waals surface area contributed by atoms with Crippen LogP contribution in [0.1, 0.15) is 31.7 Å². The van der Waals surface area contributed by atoms with E-state index >= 15 is 0 Å². The maximum Gasteiger partial charge on any atom is 0.191 e. The normalized spacial score (nSPS) is 15.0. The number of halogens is 2. The molecule has 1 saturated heterocycles. The zero-order valence-electron chi connectivity index (χ0n) is 16.8. The molecule has 1 aromatic rings. The molecule has 0 bridgehead atoms. The van der Waals surface area contributed by atoms with E-state index in [1.54, 1.807) is 7.11 Å². The average molecular weight is 526 g/mol. The number of guanidine groups is 1. The number of hydrogen-bond acceptors (Lipinski definition) is 4. The van der Waals surface area contributed by atoms with Crippen LogP contribution in [0.2, 0.25) is 5.02 Å². The van der Waals surface area contributed by atoms with Gasteiger partial charge in [0.05, 0.1) is 13.2 Å². The van der Waals surface area contributed by atoms with Crippen LogP contribution in [-0.2, 0) is 15.9 Å². The summed E-state index contributed by atoms with van der Waals surface area (Å²) in [6.07, 6.45) is 4.09. The van der Waals surface area contributed by atoms with Gasteiger partial charge in [0.1, 0.15) is 5.75 Å². The molecule has 1 fully saturated rings. The molecule has 1 aliphatic heterocycles. The molecule has 6 nitrogen and oxygen atoms in total. The van der Waals surface area contributed by atoms with Gasteiger partial charge in [0.15, 0.2) is 5.96 Å². The average Bonchev–Trinajstić information content (AvgIpc) is 2.69. The third-order valence-electron chi connectivity index (χ3n) is 4.39. The third-order valence-corrected chi connectivity index (χ3v) is 4.74. The highest BCUT2D eigenvalue weighted by molar-refractivity contribution is 14.0. The van der Waals surface area contributed by atoms with E-state index in [2.05, 4.69) is 22.5 Å². The molecule has 0 atom stereocenters. The van der Waals surface area contributed by atoms with Crippen molar-refractivity contribution in [3.63, 3.8) is 0 Å². The number of methoxy groups -OCH3 is 1. The second-order valence-electron chi connectivity index (χ2n) is 6.43. The Kier molecular flexibility index (Phi) is 13.6. The Labute approximate surface area is 190 Å². The van der Waals surface area contributed by atoms with Gasteiger partial charge in [-0.2, -0.15) is 0 Å². The monoisotopic (exact) mass is 525 g/mol. The van der Waals surface area contributed by atoms with Crippen molar-refractivity contribution < 1.29 is 14.2 Å². The summed E-state index contributed by atoms with van der Waals surface area (Å²) in [6.45, 7) is 6.76. The summed E-state index contributed by atoms with van der Waals surface area (Å²) >= 11 is 6.29. The number of aliphatic imine (C=N–C) groups is 1. The Bertz CT molecular complexity index is 584. The molecule has 0 aliphatic carbocycles. The van der Waals surface area contributed by atoms with E-state index < -0.39 is 0 Å². The standard InChI is InChI=1S/C20H32ClN3O3.HI/c1-3-22-20(23-10-4-12-27-17-8-13-26-14-9-17)24-11-7-16-5-6-18(25-2)15-19(16)21;/h5-6,15,17H,3-4,7-14H2,1-2H3,(H2,22,23,24);1H. The minimum atomic E-state index is 0. The summed E-state index contributed by atoms with van der Waals surface area (Å²) in [5.74, 6) is 1.60. The van der Waals surface area contributed by atoms with Gasteiger partial charge >= 0.3 is 0 Å². The van der Waals surface area contributed by atoms with Crippen molar-refractivity contribution >= 4 is 41.5 Å². The van der Waals surface area contributed by atoms with Crippen molar-refractivity contribution in [3.8, 4) is 5.75 Å². The molecule has 0 aromatic heterocycles. The van der Waals surface area contributed by atoms with E-state index in [0.29, 0.717) is 6.10 Å². The Morgan fingerprint density at radius 3 is 2.75 bits per heavy atom. The van der Waals surface area contributed by atoms with Gasteiger partial charge in [-0.1, -0.05) is 17.7 Å². The Morgan fingerprint density at radius 2 is 2.07 bits per heavy atom. The van der Waals surface area contributed by atoms with Crippen LogP contribution in [0.25, 0.3) is 0 Å². The number of hydrogen-bond donors (Lipinski definition) is 2. The lowest BCUT2D eigenvalue weighted by molar-refractivity contribution is -0.0318. The second-order valence-corrected chi connectivity index (χ2v) is 6.84. The highest BCUT2D eigenvalue weighted by Gasteiger charge is 2.13. The van der Waals surface area contributed by atoms with Gasteiger partial charge in [-0.3, -0.25) is 4.99 Å². The molecular formula is C20H33ClIN3O3. The third kappa shape index (κ3) is 9.62. The summed E-state index contributed by atoms with van der Waals surface area (Å²) in [4.78, 5) is 4.61. The first-order chi connectivity index (χ1) is 13.2. The van der Waals surface area contributed by atoms with E-state index in [1.165, 1.54) is 0 Å². The molecule has 0 spiro atoms. The molecule has 2 rings (SSSR count). The second kappa shape index (κ2) is 15.1. The highest BCUT2D eigenvalue weighted by Crippen LogP contribution is 2.22.